The first-order valence-corrected chi connectivity index (χ1v) is 2.19. The van der Waals surface area contributed by atoms with Gasteiger partial charge in [0.1, 0.15) is 0 Å². The highest BCUT2D eigenvalue weighted by Gasteiger charge is 2.13. The molecule has 0 aromatic heterocycles. The average molecular weight is 97.1 g/mol. The van der Waals surface area contributed by atoms with Crippen LogP contribution in [0.1, 0.15) is 0 Å². The van der Waals surface area contributed by atoms with E-state index in [0.29, 0.717) is 0 Å². The van der Waals surface area contributed by atoms with Crippen molar-refractivity contribution in [3.8, 4) is 0 Å². The van der Waals surface area contributed by atoms with E-state index in [1.165, 1.54) is 0 Å². The zero-order valence-electron chi connectivity index (χ0n) is 4.05. The van der Waals surface area contributed by atoms with E-state index in [4.69, 9.17) is 0 Å². The molecule has 0 N–H and O–H groups in total. The van der Waals surface area contributed by atoms with Crippen LogP contribution in [-0.2, 0) is 4.79 Å². The van der Waals surface area contributed by atoms with E-state index in [1.54, 1.807) is 4.90 Å². The van der Waals surface area contributed by atoms with Gasteiger partial charge in [0.2, 0.25) is 6.41 Å². The summed E-state index contributed by atoms with van der Waals surface area (Å²) < 4.78 is 0. The molecule has 1 amide bonds. The predicted octanol–water partition coefficient (Wildman–Crippen LogP) is 0.0146. The molecule has 0 atom stereocenters. The number of rotatable bonds is 1. The van der Waals surface area contributed by atoms with Crippen LogP contribution in [-0.4, -0.2) is 24.4 Å². The van der Waals surface area contributed by atoms with Crippen LogP contribution < -0.4 is 0 Å². The Morgan fingerprint density at radius 1 is 1.71 bits per heavy atom. The fraction of sp³-hybridized carbons (Fsp3) is 0.400. The number of hydrogen-bond donors (Lipinski definition) is 0. The highest BCUT2D eigenvalue weighted by Crippen LogP contribution is 2.06. The van der Waals surface area contributed by atoms with Gasteiger partial charge in [-0.1, -0.05) is 6.58 Å². The minimum Gasteiger partial charge on any atom is -0.337 e. The third kappa shape index (κ3) is 0.633. The van der Waals surface area contributed by atoms with Crippen molar-refractivity contribution in [1.29, 1.82) is 0 Å². The first-order chi connectivity index (χ1) is 3.33. The third-order valence-corrected chi connectivity index (χ3v) is 1.00. The van der Waals surface area contributed by atoms with Crippen LogP contribution in [0.25, 0.3) is 0 Å². The van der Waals surface area contributed by atoms with E-state index in [-0.39, 0.29) is 0 Å². The molecule has 1 rings (SSSR count). The van der Waals surface area contributed by atoms with Gasteiger partial charge in [0.25, 0.3) is 0 Å². The van der Waals surface area contributed by atoms with Crippen molar-refractivity contribution in [2.24, 2.45) is 0 Å². The third-order valence-electron chi connectivity index (χ3n) is 1.00. The highest BCUT2D eigenvalue weighted by molar-refractivity contribution is 5.51. The summed E-state index contributed by atoms with van der Waals surface area (Å²) in [6.07, 6.45) is 0.842. The topological polar surface area (TPSA) is 20.3 Å². The lowest BCUT2D eigenvalue weighted by Gasteiger charge is -2.28. The summed E-state index contributed by atoms with van der Waals surface area (Å²) in [5, 5.41) is 0. The maximum atomic E-state index is 9.82. The summed E-state index contributed by atoms with van der Waals surface area (Å²) in [5.41, 5.74) is 1.15. The molecule has 0 aliphatic carbocycles. The van der Waals surface area contributed by atoms with Crippen molar-refractivity contribution in [2.45, 2.75) is 0 Å². The summed E-state index contributed by atoms with van der Waals surface area (Å²) in [4.78, 5) is 11.5. The number of nitrogens with zero attached hydrogens (tertiary/aromatic N) is 1. The molecule has 0 unspecified atom stereocenters. The largest absolute Gasteiger partial charge is 0.337 e. The van der Waals surface area contributed by atoms with Crippen LogP contribution >= 0.6 is 0 Å². The van der Waals surface area contributed by atoms with Crippen molar-refractivity contribution < 1.29 is 4.79 Å². The molecule has 2 nitrogen and oxygen atoms in total. The molecular weight excluding hydrogens is 90.1 g/mol. The van der Waals surface area contributed by atoms with Crippen LogP contribution in [0.15, 0.2) is 12.2 Å². The lowest BCUT2D eigenvalue weighted by molar-refractivity contribution is -0.119. The lowest BCUT2D eigenvalue weighted by Crippen LogP contribution is -2.37. The molecule has 1 aliphatic heterocycles. The summed E-state index contributed by atoms with van der Waals surface area (Å²) in [6, 6.07) is 0. The molecule has 7 heavy (non-hydrogen) atoms. The van der Waals surface area contributed by atoms with Gasteiger partial charge >= 0.3 is 0 Å². The molecule has 1 saturated heterocycles. The van der Waals surface area contributed by atoms with Crippen LogP contribution in [0, 0.1) is 0 Å². The van der Waals surface area contributed by atoms with Crippen molar-refractivity contribution in [3.63, 3.8) is 0 Å². The SMILES string of the molecule is C=C1CN(C=O)C1. The van der Waals surface area contributed by atoms with Gasteiger partial charge in [0, 0.05) is 13.1 Å². The van der Waals surface area contributed by atoms with E-state index in [1.807, 2.05) is 0 Å². The number of amides is 1. The van der Waals surface area contributed by atoms with Gasteiger partial charge in [-0.3, -0.25) is 4.79 Å². The summed E-state index contributed by atoms with van der Waals surface area (Å²) >= 11 is 0. The average Bonchev–Trinajstić information content (AvgIpc) is 1.58. The first kappa shape index (κ1) is 4.37. The van der Waals surface area contributed by atoms with Crippen molar-refractivity contribution in [2.75, 3.05) is 13.1 Å². The fourth-order valence-corrected chi connectivity index (χ4v) is 0.603. The summed E-state index contributed by atoms with van der Waals surface area (Å²) in [7, 11) is 0. The highest BCUT2D eigenvalue weighted by atomic mass is 16.1. The second-order valence-corrected chi connectivity index (χ2v) is 1.76. The minimum absolute atomic E-state index is 0.767. The Hall–Kier alpha value is -0.790. The molecule has 0 bridgehead atoms. The molecule has 38 valence electrons. The second kappa shape index (κ2) is 1.37. The first-order valence-electron chi connectivity index (χ1n) is 2.19. The van der Waals surface area contributed by atoms with Crippen LogP contribution in [0.2, 0.25) is 0 Å². The zero-order valence-corrected chi connectivity index (χ0v) is 4.05. The zero-order chi connectivity index (χ0) is 5.28. The Morgan fingerprint density at radius 3 is 2.43 bits per heavy atom. The molecule has 0 aromatic rings. The number of hydrogen-bond acceptors (Lipinski definition) is 1. The molecule has 1 fully saturated rings. The van der Waals surface area contributed by atoms with E-state index in [0.717, 1.165) is 25.1 Å². The Kier molecular flexibility index (Phi) is 0.855. The van der Waals surface area contributed by atoms with Gasteiger partial charge in [0.05, 0.1) is 0 Å². The quantitative estimate of drug-likeness (QED) is 0.333. The monoisotopic (exact) mass is 97.1 g/mol. The molecule has 2 heteroatoms. The van der Waals surface area contributed by atoms with Crippen molar-refractivity contribution >= 4 is 6.41 Å². The van der Waals surface area contributed by atoms with Gasteiger partial charge in [-0.2, -0.15) is 0 Å². The fourth-order valence-electron chi connectivity index (χ4n) is 0.603. The Bertz CT molecular complexity index is 101. The Morgan fingerprint density at radius 2 is 2.29 bits per heavy atom. The van der Waals surface area contributed by atoms with Gasteiger partial charge in [0.15, 0.2) is 0 Å². The van der Waals surface area contributed by atoms with Crippen molar-refractivity contribution in [3.05, 3.63) is 12.2 Å². The van der Waals surface area contributed by atoms with E-state index in [9.17, 15) is 4.79 Å². The minimum atomic E-state index is 0.767. The molecular formula is C5H7NO. The summed E-state index contributed by atoms with van der Waals surface area (Å²) in [6.45, 7) is 5.19. The van der Waals surface area contributed by atoms with Gasteiger partial charge in [-0.05, 0) is 5.57 Å². The standard InChI is InChI=1S/C5H7NO/c1-5-2-6(3-5)4-7/h4H,1-3H2. The predicted molar refractivity (Wildman–Crippen MR) is 26.8 cm³/mol. The van der Waals surface area contributed by atoms with E-state index >= 15 is 0 Å². The van der Waals surface area contributed by atoms with Gasteiger partial charge < -0.3 is 4.90 Å². The Balaban J connectivity index is 2.29. The second-order valence-electron chi connectivity index (χ2n) is 1.76. The molecule has 0 radical (unpaired) electrons. The normalized spacial score (nSPS) is 18.9. The number of carbonyl (C=O) groups excluding carboxylic acids is 1. The van der Waals surface area contributed by atoms with Crippen molar-refractivity contribution in [1.82, 2.24) is 4.90 Å². The smallest absolute Gasteiger partial charge is 0.210 e. The molecule has 0 saturated carbocycles. The van der Waals surface area contributed by atoms with Crippen LogP contribution in [0.3, 0.4) is 0 Å². The van der Waals surface area contributed by atoms with Gasteiger partial charge in [-0.15, -0.1) is 0 Å². The lowest BCUT2D eigenvalue weighted by atomic mass is 10.2. The summed E-state index contributed by atoms with van der Waals surface area (Å²) in [5.74, 6) is 0. The van der Waals surface area contributed by atoms with E-state index in [2.05, 4.69) is 6.58 Å². The maximum Gasteiger partial charge on any atom is 0.210 e. The maximum absolute atomic E-state index is 9.82. The molecule has 1 heterocycles. The van der Waals surface area contributed by atoms with Crippen LogP contribution in [0.4, 0.5) is 0 Å². The molecule has 0 aromatic carbocycles. The molecule has 1 aliphatic rings. The van der Waals surface area contributed by atoms with E-state index < -0.39 is 0 Å². The number of carbonyl (C=O) groups is 1. The van der Waals surface area contributed by atoms with Crippen LogP contribution in [0.5, 0.6) is 0 Å². The molecule has 0 spiro atoms. The Labute approximate surface area is 42.4 Å². The number of likely N-dealkylation sites (tertiary alicyclic amines) is 1. The van der Waals surface area contributed by atoms with Gasteiger partial charge in [-0.25, -0.2) is 0 Å².